The maximum Gasteiger partial charge on any atom is 0.252 e. The molecule has 0 unspecified atom stereocenters. The zero-order chi connectivity index (χ0) is 17.4. The number of rotatable bonds is 8. The fraction of sp³-hybridized carbons (Fsp3) is 0.333. The summed E-state index contributed by atoms with van der Waals surface area (Å²) in [6.45, 7) is 2.65. The summed E-state index contributed by atoms with van der Waals surface area (Å²) in [5.74, 6) is -0.264. The van der Waals surface area contributed by atoms with Gasteiger partial charge in [-0.15, -0.1) is 0 Å². The maximum atomic E-state index is 12.4. The van der Waals surface area contributed by atoms with Crippen LogP contribution in [0, 0.1) is 0 Å². The lowest BCUT2D eigenvalue weighted by Gasteiger charge is -2.24. The topological polar surface area (TPSA) is 69.6 Å². The van der Waals surface area contributed by atoms with Crippen LogP contribution in [0.3, 0.4) is 0 Å². The first-order chi connectivity index (χ1) is 11.6. The molecule has 2 rings (SSSR count). The van der Waals surface area contributed by atoms with Gasteiger partial charge in [0.2, 0.25) is 5.91 Å². The number of carbonyl (C=O) groups excluding carboxylic acids is 2. The van der Waals surface area contributed by atoms with Crippen molar-refractivity contribution in [3.05, 3.63) is 58.3 Å². The van der Waals surface area contributed by atoms with E-state index >= 15 is 0 Å². The minimum Gasteiger partial charge on any atom is -0.392 e. The number of amides is 2. The van der Waals surface area contributed by atoms with Gasteiger partial charge in [-0.25, -0.2) is 0 Å². The summed E-state index contributed by atoms with van der Waals surface area (Å²) in [6.07, 6.45) is -0.395. The number of thiophene rings is 1. The second-order valence-electron chi connectivity index (χ2n) is 5.63. The summed E-state index contributed by atoms with van der Waals surface area (Å²) in [7, 11) is 0. The fourth-order valence-corrected chi connectivity index (χ4v) is 2.95. The van der Waals surface area contributed by atoms with Crippen LogP contribution in [0.5, 0.6) is 0 Å². The summed E-state index contributed by atoms with van der Waals surface area (Å²) >= 11 is 1.46. The first-order valence-corrected chi connectivity index (χ1v) is 8.80. The Balaban J connectivity index is 1.86. The average Bonchev–Trinajstić information content (AvgIpc) is 3.09. The Bertz CT molecular complexity index is 642. The zero-order valence-electron chi connectivity index (χ0n) is 13.6. The van der Waals surface area contributed by atoms with Crippen LogP contribution in [-0.2, 0) is 11.3 Å². The highest BCUT2D eigenvalue weighted by Gasteiger charge is 2.16. The van der Waals surface area contributed by atoms with Gasteiger partial charge >= 0.3 is 0 Å². The molecule has 0 aliphatic carbocycles. The van der Waals surface area contributed by atoms with E-state index < -0.39 is 6.10 Å². The van der Waals surface area contributed by atoms with Crippen molar-refractivity contribution in [3.63, 3.8) is 0 Å². The SMILES string of the molecule is C[C@H](O)CN(Cc1ccccc1)C(=O)CCNC(=O)c1ccsc1. The molecule has 0 aliphatic heterocycles. The van der Waals surface area contributed by atoms with E-state index in [2.05, 4.69) is 5.32 Å². The van der Waals surface area contributed by atoms with Gasteiger partial charge < -0.3 is 15.3 Å². The number of aliphatic hydroxyl groups excluding tert-OH is 1. The molecule has 0 bridgehead atoms. The van der Waals surface area contributed by atoms with Gasteiger partial charge in [0.05, 0.1) is 6.10 Å². The quantitative estimate of drug-likeness (QED) is 0.770. The average molecular weight is 346 g/mol. The summed E-state index contributed by atoms with van der Waals surface area (Å²) < 4.78 is 0. The molecule has 1 aromatic heterocycles. The van der Waals surface area contributed by atoms with Gasteiger partial charge in [-0.05, 0) is 23.9 Å². The Hall–Kier alpha value is -2.18. The molecule has 128 valence electrons. The minimum absolute atomic E-state index is 0.0922. The van der Waals surface area contributed by atoms with Crippen molar-refractivity contribution >= 4 is 23.2 Å². The summed E-state index contributed by atoms with van der Waals surface area (Å²) in [6, 6.07) is 11.4. The van der Waals surface area contributed by atoms with Gasteiger partial charge in [0.1, 0.15) is 0 Å². The van der Waals surface area contributed by atoms with E-state index in [1.54, 1.807) is 23.3 Å². The van der Waals surface area contributed by atoms with Gasteiger partial charge in [0.15, 0.2) is 0 Å². The molecule has 0 aliphatic rings. The molecule has 0 spiro atoms. The molecule has 2 amide bonds. The number of benzene rings is 1. The van der Waals surface area contributed by atoms with Crippen molar-refractivity contribution in [2.45, 2.75) is 26.0 Å². The van der Waals surface area contributed by atoms with Gasteiger partial charge in [-0.3, -0.25) is 9.59 Å². The van der Waals surface area contributed by atoms with E-state index in [0.29, 0.717) is 12.1 Å². The molecular formula is C18H22N2O3S. The predicted octanol–water partition coefficient (Wildman–Crippen LogP) is 2.28. The van der Waals surface area contributed by atoms with Crippen LogP contribution >= 0.6 is 11.3 Å². The highest BCUT2D eigenvalue weighted by Crippen LogP contribution is 2.08. The number of hydrogen-bond acceptors (Lipinski definition) is 4. The van der Waals surface area contributed by atoms with Gasteiger partial charge in [-0.2, -0.15) is 11.3 Å². The third-order valence-electron chi connectivity index (χ3n) is 3.46. The van der Waals surface area contributed by atoms with Crippen LogP contribution in [0.25, 0.3) is 0 Å². The molecule has 0 fully saturated rings. The number of hydrogen-bond donors (Lipinski definition) is 2. The lowest BCUT2D eigenvalue weighted by Crippen LogP contribution is -2.38. The molecule has 1 atom stereocenters. The van der Waals surface area contributed by atoms with Crippen molar-refractivity contribution in [2.24, 2.45) is 0 Å². The molecule has 0 radical (unpaired) electrons. The van der Waals surface area contributed by atoms with Crippen molar-refractivity contribution in [2.75, 3.05) is 13.1 Å². The van der Waals surface area contributed by atoms with Crippen LogP contribution in [0.2, 0.25) is 0 Å². The monoisotopic (exact) mass is 346 g/mol. The third-order valence-corrected chi connectivity index (χ3v) is 4.14. The van der Waals surface area contributed by atoms with Crippen molar-refractivity contribution in [3.8, 4) is 0 Å². The highest BCUT2D eigenvalue weighted by atomic mass is 32.1. The zero-order valence-corrected chi connectivity index (χ0v) is 14.5. The van der Waals surface area contributed by atoms with Crippen molar-refractivity contribution < 1.29 is 14.7 Å². The van der Waals surface area contributed by atoms with Crippen LogP contribution in [0.1, 0.15) is 29.3 Å². The van der Waals surface area contributed by atoms with E-state index in [1.165, 1.54) is 11.3 Å². The molecule has 1 heterocycles. The van der Waals surface area contributed by atoms with E-state index in [4.69, 9.17) is 0 Å². The minimum atomic E-state index is -0.599. The van der Waals surface area contributed by atoms with E-state index in [1.807, 2.05) is 35.7 Å². The first-order valence-electron chi connectivity index (χ1n) is 7.86. The fourth-order valence-electron chi connectivity index (χ4n) is 2.31. The van der Waals surface area contributed by atoms with Crippen LogP contribution in [0.15, 0.2) is 47.2 Å². The largest absolute Gasteiger partial charge is 0.392 e. The number of carbonyl (C=O) groups is 2. The molecule has 5 nitrogen and oxygen atoms in total. The Kier molecular flexibility index (Phi) is 6.96. The van der Waals surface area contributed by atoms with E-state index in [-0.39, 0.29) is 31.3 Å². The predicted molar refractivity (Wildman–Crippen MR) is 94.8 cm³/mol. The molecule has 0 saturated carbocycles. The Morgan fingerprint density at radius 3 is 2.62 bits per heavy atom. The third kappa shape index (κ3) is 5.79. The number of nitrogens with zero attached hydrogens (tertiary/aromatic N) is 1. The Morgan fingerprint density at radius 2 is 2.00 bits per heavy atom. The molecular weight excluding hydrogens is 324 g/mol. The number of aliphatic hydroxyl groups is 1. The highest BCUT2D eigenvalue weighted by molar-refractivity contribution is 7.08. The van der Waals surface area contributed by atoms with Crippen molar-refractivity contribution in [1.29, 1.82) is 0 Å². The lowest BCUT2D eigenvalue weighted by molar-refractivity contribution is -0.133. The second-order valence-corrected chi connectivity index (χ2v) is 6.41. The molecule has 0 saturated heterocycles. The lowest BCUT2D eigenvalue weighted by atomic mass is 10.2. The van der Waals surface area contributed by atoms with Gasteiger partial charge in [0.25, 0.3) is 5.91 Å². The molecule has 6 heteroatoms. The maximum absolute atomic E-state index is 12.4. The first kappa shape index (κ1) is 18.2. The molecule has 2 aromatic rings. The van der Waals surface area contributed by atoms with Crippen LogP contribution in [0.4, 0.5) is 0 Å². The van der Waals surface area contributed by atoms with Crippen LogP contribution in [-0.4, -0.2) is 41.0 Å². The summed E-state index contributed by atoms with van der Waals surface area (Å²) in [5, 5.41) is 16.0. The van der Waals surface area contributed by atoms with E-state index in [0.717, 1.165) is 5.56 Å². The van der Waals surface area contributed by atoms with Gasteiger partial charge in [0, 0.05) is 37.0 Å². The normalized spacial score (nSPS) is 11.8. The number of nitrogens with one attached hydrogen (secondary N) is 1. The van der Waals surface area contributed by atoms with Crippen molar-refractivity contribution in [1.82, 2.24) is 10.2 Å². The molecule has 2 N–H and O–H groups in total. The van der Waals surface area contributed by atoms with E-state index in [9.17, 15) is 14.7 Å². The Labute approximate surface area is 145 Å². The van der Waals surface area contributed by atoms with Gasteiger partial charge in [-0.1, -0.05) is 30.3 Å². The standard InChI is InChI=1S/C18H22N2O3S/c1-14(21)11-20(12-15-5-3-2-4-6-15)17(22)7-9-19-18(23)16-8-10-24-13-16/h2-6,8,10,13-14,21H,7,9,11-12H2,1H3,(H,19,23)/t14-/m0/s1. The molecule has 24 heavy (non-hydrogen) atoms. The van der Waals surface area contributed by atoms with Crippen LogP contribution < -0.4 is 5.32 Å². The summed E-state index contributed by atoms with van der Waals surface area (Å²) in [5.41, 5.74) is 1.62. The Morgan fingerprint density at radius 1 is 1.25 bits per heavy atom. The smallest absolute Gasteiger partial charge is 0.252 e. The molecule has 1 aromatic carbocycles. The second kappa shape index (κ2) is 9.20. The summed E-state index contributed by atoms with van der Waals surface area (Å²) in [4.78, 5) is 25.9.